The number of nitrogens with zero attached hydrogens (tertiary/aromatic N) is 1. The normalized spacial score (nSPS) is 23.0. The second-order valence-corrected chi connectivity index (χ2v) is 6.11. The first-order chi connectivity index (χ1) is 9.63. The number of hydrogen-bond donors (Lipinski definition) is 3. The van der Waals surface area contributed by atoms with Crippen molar-refractivity contribution >= 4 is 11.0 Å². The van der Waals surface area contributed by atoms with Gasteiger partial charge in [-0.15, -0.1) is 0 Å². The molecule has 1 aromatic carbocycles. The molecule has 1 aliphatic carbocycles. The van der Waals surface area contributed by atoms with Crippen LogP contribution in [0.3, 0.4) is 0 Å². The first-order valence-corrected chi connectivity index (χ1v) is 7.53. The SMILES string of the molecule is CC(C)c1nc2ccc(CN[C@H]3CCC[C@@H]3O)cc2[nH]1. The van der Waals surface area contributed by atoms with Crippen molar-refractivity contribution in [3.05, 3.63) is 29.6 Å². The summed E-state index contributed by atoms with van der Waals surface area (Å²) >= 11 is 0. The summed E-state index contributed by atoms with van der Waals surface area (Å²) in [6.45, 7) is 5.08. The molecule has 1 heterocycles. The van der Waals surface area contributed by atoms with Crippen LogP contribution in [0.5, 0.6) is 0 Å². The molecular weight excluding hydrogens is 250 g/mol. The predicted molar refractivity (Wildman–Crippen MR) is 80.7 cm³/mol. The summed E-state index contributed by atoms with van der Waals surface area (Å²) in [5, 5.41) is 13.3. The Morgan fingerprint density at radius 3 is 2.95 bits per heavy atom. The van der Waals surface area contributed by atoms with Crippen LogP contribution >= 0.6 is 0 Å². The summed E-state index contributed by atoms with van der Waals surface area (Å²) in [6.07, 6.45) is 2.94. The molecule has 3 N–H and O–H groups in total. The van der Waals surface area contributed by atoms with Crippen molar-refractivity contribution in [3.8, 4) is 0 Å². The fourth-order valence-corrected chi connectivity index (χ4v) is 2.89. The lowest BCUT2D eigenvalue weighted by Gasteiger charge is -2.16. The fourth-order valence-electron chi connectivity index (χ4n) is 2.89. The van der Waals surface area contributed by atoms with Crippen molar-refractivity contribution in [2.75, 3.05) is 0 Å². The fraction of sp³-hybridized carbons (Fsp3) is 0.562. The van der Waals surface area contributed by atoms with E-state index in [0.29, 0.717) is 5.92 Å². The Labute approximate surface area is 119 Å². The van der Waals surface area contributed by atoms with Gasteiger partial charge in [0.25, 0.3) is 0 Å². The van der Waals surface area contributed by atoms with Crippen molar-refractivity contribution in [1.29, 1.82) is 0 Å². The molecule has 0 saturated heterocycles. The van der Waals surface area contributed by atoms with E-state index in [1.54, 1.807) is 0 Å². The predicted octanol–water partition coefficient (Wildman–Crippen LogP) is 2.69. The molecule has 4 nitrogen and oxygen atoms in total. The summed E-state index contributed by atoms with van der Waals surface area (Å²) in [4.78, 5) is 7.97. The number of fused-ring (bicyclic) bond motifs is 1. The first-order valence-electron chi connectivity index (χ1n) is 7.53. The van der Waals surface area contributed by atoms with Gasteiger partial charge in [-0.1, -0.05) is 19.9 Å². The molecule has 0 amide bonds. The molecule has 0 radical (unpaired) electrons. The summed E-state index contributed by atoms with van der Waals surface area (Å²) in [5.41, 5.74) is 3.36. The summed E-state index contributed by atoms with van der Waals surface area (Å²) < 4.78 is 0. The second kappa shape index (κ2) is 5.54. The molecule has 20 heavy (non-hydrogen) atoms. The third kappa shape index (κ3) is 2.72. The number of aromatic amines is 1. The van der Waals surface area contributed by atoms with E-state index in [1.165, 1.54) is 5.56 Å². The Morgan fingerprint density at radius 2 is 2.25 bits per heavy atom. The van der Waals surface area contributed by atoms with Crippen LogP contribution in [0.15, 0.2) is 18.2 Å². The van der Waals surface area contributed by atoms with Crippen molar-refractivity contribution < 1.29 is 5.11 Å². The van der Waals surface area contributed by atoms with E-state index in [4.69, 9.17) is 0 Å². The topological polar surface area (TPSA) is 60.9 Å². The smallest absolute Gasteiger partial charge is 0.109 e. The standard InChI is InChI=1S/C16H23N3O/c1-10(2)16-18-12-7-6-11(8-14(12)19-16)9-17-13-4-3-5-15(13)20/h6-8,10,13,15,17,20H,3-5,9H2,1-2H3,(H,18,19)/t13-,15-/m0/s1. The van der Waals surface area contributed by atoms with Gasteiger partial charge in [-0.2, -0.15) is 0 Å². The molecule has 0 spiro atoms. The lowest BCUT2D eigenvalue weighted by Crippen LogP contribution is -2.34. The molecule has 0 bridgehead atoms. The highest BCUT2D eigenvalue weighted by Gasteiger charge is 2.24. The number of benzene rings is 1. The van der Waals surface area contributed by atoms with Crippen LogP contribution in [0, 0.1) is 0 Å². The molecule has 1 saturated carbocycles. The van der Waals surface area contributed by atoms with Gasteiger partial charge in [0, 0.05) is 18.5 Å². The van der Waals surface area contributed by atoms with Crippen LogP contribution in [-0.4, -0.2) is 27.2 Å². The van der Waals surface area contributed by atoms with E-state index in [-0.39, 0.29) is 12.1 Å². The van der Waals surface area contributed by atoms with Gasteiger partial charge in [0.05, 0.1) is 17.1 Å². The zero-order valence-corrected chi connectivity index (χ0v) is 12.2. The maximum absolute atomic E-state index is 9.82. The number of H-pyrrole nitrogens is 1. The first kappa shape index (κ1) is 13.6. The number of aliphatic hydroxyl groups excluding tert-OH is 1. The third-order valence-electron chi connectivity index (χ3n) is 4.16. The number of nitrogens with one attached hydrogen (secondary N) is 2. The van der Waals surface area contributed by atoms with Gasteiger partial charge >= 0.3 is 0 Å². The highest BCUT2D eigenvalue weighted by atomic mass is 16.3. The summed E-state index contributed by atoms with van der Waals surface area (Å²) in [5.74, 6) is 1.45. The van der Waals surface area contributed by atoms with E-state index in [2.05, 4.69) is 47.3 Å². The van der Waals surface area contributed by atoms with E-state index in [9.17, 15) is 5.11 Å². The second-order valence-electron chi connectivity index (χ2n) is 6.11. The molecule has 4 heteroatoms. The third-order valence-corrected chi connectivity index (χ3v) is 4.16. The number of aliphatic hydroxyl groups is 1. The molecular formula is C16H23N3O. The van der Waals surface area contributed by atoms with Crippen LogP contribution in [0.25, 0.3) is 11.0 Å². The lowest BCUT2D eigenvalue weighted by molar-refractivity contribution is 0.148. The number of rotatable bonds is 4. The Balaban J connectivity index is 1.72. The van der Waals surface area contributed by atoms with Crippen LogP contribution in [0.2, 0.25) is 0 Å². The van der Waals surface area contributed by atoms with Crippen molar-refractivity contribution in [2.24, 2.45) is 0 Å². The van der Waals surface area contributed by atoms with Gasteiger partial charge in [-0.05, 0) is 37.0 Å². The van der Waals surface area contributed by atoms with Gasteiger partial charge in [-0.25, -0.2) is 4.98 Å². The van der Waals surface area contributed by atoms with E-state index >= 15 is 0 Å². The Morgan fingerprint density at radius 1 is 1.40 bits per heavy atom. The monoisotopic (exact) mass is 273 g/mol. The largest absolute Gasteiger partial charge is 0.392 e. The van der Waals surface area contributed by atoms with Gasteiger partial charge in [0.2, 0.25) is 0 Å². The molecule has 1 aliphatic rings. The zero-order valence-electron chi connectivity index (χ0n) is 12.2. The van der Waals surface area contributed by atoms with Crippen LogP contribution in [0.4, 0.5) is 0 Å². The molecule has 0 unspecified atom stereocenters. The number of aromatic nitrogens is 2. The van der Waals surface area contributed by atoms with Crippen LogP contribution < -0.4 is 5.32 Å². The van der Waals surface area contributed by atoms with Crippen molar-refractivity contribution in [1.82, 2.24) is 15.3 Å². The van der Waals surface area contributed by atoms with Gasteiger partial charge in [0.1, 0.15) is 5.82 Å². The average molecular weight is 273 g/mol. The molecule has 2 atom stereocenters. The van der Waals surface area contributed by atoms with Crippen LogP contribution in [-0.2, 0) is 6.54 Å². The molecule has 3 rings (SSSR count). The Bertz CT molecular complexity index is 590. The quantitative estimate of drug-likeness (QED) is 0.802. The average Bonchev–Trinajstić information content (AvgIpc) is 3.01. The molecule has 1 aromatic heterocycles. The molecule has 108 valence electrons. The summed E-state index contributed by atoms with van der Waals surface area (Å²) in [7, 11) is 0. The number of hydrogen-bond acceptors (Lipinski definition) is 3. The van der Waals surface area contributed by atoms with Crippen molar-refractivity contribution in [3.63, 3.8) is 0 Å². The number of imidazole rings is 1. The van der Waals surface area contributed by atoms with E-state index < -0.39 is 0 Å². The lowest BCUT2D eigenvalue weighted by atomic mass is 10.1. The molecule has 2 aromatic rings. The maximum Gasteiger partial charge on any atom is 0.109 e. The Kier molecular flexibility index (Phi) is 3.76. The highest BCUT2D eigenvalue weighted by molar-refractivity contribution is 5.76. The molecule has 1 fully saturated rings. The maximum atomic E-state index is 9.82. The van der Waals surface area contributed by atoms with Gasteiger partial charge in [-0.3, -0.25) is 0 Å². The summed E-state index contributed by atoms with van der Waals surface area (Å²) in [6, 6.07) is 6.59. The minimum absolute atomic E-state index is 0.182. The van der Waals surface area contributed by atoms with E-state index in [0.717, 1.165) is 42.7 Å². The minimum atomic E-state index is -0.182. The molecule has 0 aliphatic heterocycles. The van der Waals surface area contributed by atoms with Crippen molar-refractivity contribution in [2.45, 2.75) is 57.7 Å². The Hall–Kier alpha value is -1.39. The highest BCUT2D eigenvalue weighted by Crippen LogP contribution is 2.21. The van der Waals surface area contributed by atoms with E-state index in [1.807, 2.05) is 0 Å². The minimum Gasteiger partial charge on any atom is -0.392 e. The van der Waals surface area contributed by atoms with Gasteiger partial charge in [0.15, 0.2) is 0 Å². The zero-order chi connectivity index (χ0) is 14.1. The van der Waals surface area contributed by atoms with Crippen LogP contribution in [0.1, 0.15) is 50.4 Å². The van der Waals surface area contributed by atoms with Gasteiger partial charge < -0.3 is 15.4 Å².